The zero-order valence-corrected chi connectivity index (χ0v) is 16.7. The summed E-state index contributed by atoms with van der Waals surface area (Å²) in [5.41, 5.74) is 0. The third kappa shape index (κ3) is 7.66. The Kier molecular flexibility index (Phi) is 8.54. The normalized spacial score (nSPS) is 19.3. The van der Waals surface area contributed by atoms with Crippen molar-refractivity contribution >= 4 is 16.8 Å². The van der Waals surface area contributed by atoms with E-state index in [2.05, 4.69) is 35.9 Å². The standard InChI is InChI=1S/C17H36N4OS/c1-7-18-16(19-8-13-23(22)17(4,5)6)21-11-9-20(10-12-21)14-15(2)3/h15H,7-14H2,1-6H3,(H,18,19). The molecular formula is C17H36N4OS. The lowest BCUT2D eigenvalue weighted by molar-refractivity contribution is 0.164. The molecule has 1 unspecified atom stereocenters. The van der Waals surface area contributed by atoms with E-state index in [0.29, 0.717) is 12.3 Å². The lowest BCUT2D eigenvalue weighted by Gasteiger charge is -2.37. The molecule has 1 rings (SSSR count). The summed E-state index contributed by atoms with van der Waals surface area (Å²) in [6.45, 7) is 19.6. The van der Waals surface area contributed by atoms with Gasteiger partial charge in [0.1, 0.15) is 0 Å². The molecule has 0 radical (unpaired) electrons. The molecule has 23 heavy (non-hydrogen) atoms. The molecule has 0 saturated carbocycles. The fourth-order valence-electron chi connectivity index (χ4n) is 2.63. The van der Waals surface area contributed by atoms with Crippen LogP contribution in [0.15, 0.2) is 4.99 Å². The van der Waals surface area contributed by atoms with Crippen LogP contribution in [0.25, 0.3) is 0 Å². The molecule has 1 heterocycles. The number of hydrogen-bond acceptors (Lipinski definition) is 3. The van der Waals surface area contributed by atoms with Crippen LogP contribution in [0.4, 0.5) is 0 Å². The maximum atomic E-state index is 12.1. The minimum atomic E-state index is -0.837. The quantitative estimate of drug-likeness (QED) is 0.589. The Morgan fingerprint density at radius 2 is 1.83 bits per heavy atom. The molecule has 0 spiro atoms. The van der Waals surface area contributed by atoms with Crippen molar-refractivity contribution in [3.8, 4) is 0 Å². The average molecular weight is 345 g/mol. The second-order valence-electron chi connectivity index (χ2n) is 7.58. The molecule has 6 heteroatoms. The highest BCUT2D eigenvalue weighted by atomic mass is 32.2. The van der Waals surface area contributed by atoms with Gasteiger partial charge in [-0.1, -0.05) is 13.8 Å². The van der Waals surface area contributed by atoms with Crippen LogP contribution in [0.3, 0.4) is 0 Å². The molecule has 1 fully saturated rings. The Labute approximate surface area is 145 Å². The van der Waals surface area contributed by atoms with Gasteiger partial charge in [-0.05, 0) is 33.6 Å². The fourth-order valence-corrected chi connectivity index (χ4v) is 3.49. The van der Waals surface area contributed by atoms with Gasteiger partial charge < -0.3 is 10.2 Å². The summed E-state index contributed by atoms with van der Waals surface area (Å²) in [5.74, 6) is 2.32. The van der Waals surface area contributed by atoms with Crippen LogP contribution in [0.1, 0.15) is 41.5 Å². The van der Waals surface area contributed by atoms with Crippen LogP contribution < -0.4 is 5.32 Å². The zero-order chi connectivity index (χ0) is 17.5. The monoisotopic (exact) mass is 344 g/mol. The lowest BCUT2D eigenvalue weighted by Crippen LogP contribution is -2.53. The van der Waals surface area contributed by atoms with Gasteiger partial charge in [0.25, 0.3) is 0 Å². The minimum absolute atomic E-state index is 0.156. The molecule has 0 amide bonds. The molecule has 1 aliphatic rings. The predicted octanol–water partition coefficient (Wildman–Crippen LogP) is 1.77. The molecule has 136 valence electrons. The molecule has 0 bridgehead atoms. The molecule has 5 nitrogen and oxygen atoms in total. The molecule has 1 N–H and O–H groups in total. The third-order valence-corrected chi connectivity index (χ3v) is 5.77. The van der Waals surface area contributed by atoms with Crippen molar-refractivity contribution in [2.75, 3.05) is 51.6 Å². The van der Waals surface area contributed by atoms with Crippen LogP contribution in [0.2, 0.25) is 0 Å². The van der Waals surface area contributed by atoms with E-state index in [9.17, 15) is 4.21 Å². The first kappa shape index (κ1) is 20.4. The van der Waals surface area contributed by atoms with Gasteiger partial charge in [0.05, 0.1) is 6.54 Å². The summed E-state index contributed by atoms with van der Waals surface area (Å²) < 4.78 is 12.0. The van der Waals surface area contributed by atoms with Gasteiger partial charge in [-0.25, -0.2) is 0 Å². The molecule has 0 aliphatic carbocycles. The molecule has 1 aliphatic heterocycles. The SMILES string of the molecule is CCNC(=NCCS(=O)C(C)(C)C)N1CCN(CC(C)C)CC1. The van der Waals surface area contributed by atoms with Gasteiger partial charge in [-0.3, -0.25) is 14.1 Å². The Bertz CT molecular complexity index is 396. The van der Waals surface area contributed by atoms with Crippen molar-refractivity contribution < 1.29 is 4.21 Å². The van der Waals surface area contributed by atoms with Crippen LogP contribution in [-0.2, 0) is 10.8 Å². The molecule has 0 aromatic carbocycles. The average Bonchev–Trinajstić information content (AvgIpc) is 2.45. The number of guanidine groups is 1. The first-order chi connectivity index (χ1) is 10.7. The van der Waals surface area contributed by atoms with E-state index in [0.717, 1.165) is 44.6 Å². The number of nitrogens with one attached hydrogen (secondary N) is 1. The van der Waals surface area contributed by atoms with Gasteiger partial charge in [0, 0.05) is 60.6 Å². The Morgan fingerprint density at radius 1 is 1.22 bits per heavy atom. The van der Waals surface area contributed by atoms with Gasteiger partial charge in [-0.15, -0.1) is 0 Å². The molecular weight excluding hydrogens is 308 g/mol. The summed E-state index contributed by atoms with van der Waals surface area (Å²) in [6.07, 6.45) is 0. The van der Waals surface area contributed by atoms with Crippen molar-refractivity contribution in [1.29, 1.82) is 0 Å². The first-order valence-corrected chi connectivity index (χ1v) is 10.2. The number of rotatable bonds is 6. The molecule has 0 aromatic heterocycles. The highest BCUT2D eigenvalue weighted by Gasteiger charge is 2.21. The van der Waals surface area contributed by atoms with Gasteiger partial charge in [-0.2, -0.15) is 0 Å². The van der Waals surface area contributed by atoms with E-state index in [-0.39, 0.29) is 4.75 Å². The van der Waals surface area contributed by atoms with E-state index in [1.807, 2.05) is 20.8 Å². The summed E-state index contributed by atoms with van der Waals surface area (Å²) in [5, 5.41) is 3.38. The van der Waals surface area contributed by atoms with Gasteiger partial charge >= 0.3 is 0 Å². The van der Waals surface area contributed by atoms with Crippen molar-refractivity contribution in [2.24, 2.45) is 10.9 Å². The van der Waals surface area contributed by atoms with E-state index >= 15 is 0 Å². The largest absolute Gasteiger partial charge is 0.357 e. The smallest absolute Gasteiger partial charge is 0.194 e. The molecule has 0 aromatic rings. The number of hydrogen-bond donors (Lipinski definition) is 1. The van der Waals surface area contributed by atoms with Gasteiger partial charge in [0.15, 0.2) is 5.96 Å². The van der Waals surface area contributed by atoms with E-state index in [1.54, 1.807) is 0 Å². The summed E-state index contributed by atoms with van der Waals surface area (Å²) >= 11 is 0. The maximum Gasteiger partial charge on any atom is 0.194 e. The Balaban J connectivity index is 2.52. The van der Waals surface area contributed by atoms with Crippen molar-refractivity contribution in [2.45, 2.75) is 46.3 Å². The second-order valence-corrected chi connectivity index (χ2v) is 9.90. The first-order valence-electron chi connectivity index (χ1n) is 8.88. The highest BCUT2D eigenvalue weighted by Crippen LogP contribution is 2.11. The van der Waals surface area contributed by atoms with Crippen LogP contribution >= 0.6 is 0 Å². The number of piperazine rings is 1. The summed E-state index contributed by atoms with van der Waals surface area (Å²) in [6, 6.07) is 0. The van der Waals surface area contributed by atoms with Crippen molar-refractivity contribution in [1.82, 2.24) is 15.1 Å². The summed E-state index contributed by atoms with van der Waals surface area (Å²) in [4.78, 5) is 9.56. The lowest BCUT2D eigenvalue weighted by atomic mass is 10.2. The predicted molar refractivity (Wildman–Crippen MR) is 102 cm³/mol. The van der Waals surface area contributed by atoms with Crippen LogP contribution in [-0.4, -0.2) is 76.3 Å². The minimum Gasteiger partial charge on any atom is -0.357 e. The summed E-state index contributed by atoms with van der Waals surface area (Å²) in [7, 11) is -0.837. The second kappa shape index (κ2) is 9.62. The maximum absolute atomic E-state index is 12.1. The van der Waals surface area contributed by atoms with E-state index in [1.165, 1.54) is 6.54 Å². The van der Waals surface area contributed by atoms with E-state index in [4.69, 9.17) is 4.99 Å². The van der Waals surface area contributed by atoms with E-state index < -0.39 is 10.8 Å². The topological polar surface area (TPSA) is 47.9 Å². The highest BCUT2D eigenvalue weighted by molar-refractivity contribution is 7.86. The Morgan fingerprint density at radius 3 is 2.30 bits per heavy atom. The van der Waals surface area contributed by atoms with Crippen molar-refractivity contribution in [3.63, 3.8) is 0 Å². The fraction of sp³-hybridized carbons (Fsp3) is 0.941. The Hall–Kier alpha value is -0.620. The zero-order valence-electron chi connectivity index (χ0n) is 15.9. The molecule has 1 saturated heterocycles. The van der Waals surface area contributed by atoms with Crippen LogP contribution in [0, 0.1) is 5.92 Å². The molecule has 1 atom stereocenters. The number of aliphatic imine (C=N–C) groups is 1. The third-order valence-electron chi connectivity index (χ3n) is 3.85. The number of nitrogens with zero attached hydrogens (tertiary/aromatic N) is 3. The van der Waals surface area contributed by atoms with Crippen LogP contribution in [0.5, 0.6) is 0 Å². The van der Waals surface area contributed by atoms with Crippen molar-refractivity contribution in [3.05, 3.63) is 0 Å². The van der Waals surface area contributed by atoms with Gasteiger partial charge in [0.2, 0.25) is 0 Å².